The van der Waals surface area contributed by atoms with E-state index in [9.17, 15) is 4.79 Å². The van der Waals surface area contributed by atoms with E-state index in [4.69, 9.17) is 5.73 Å². The largest absolute Gasteiger partial charge is 0.326 e. The molecule has 0 bridgehead atoms. The van der Waals surface area contributed by atoms with Gasteiger partial charge in [-0.05, 0) is 24.3 Å². The van der Waals surface area contributed by atoms with Crippen molar-refractivity contribution in [2.45, 2.75) is 12.5 Å². The zero-order valence-electron chi connectivity index (χ0n) is 9.86. The fourth-order valence-electron chi connectivity index (χ4n) is 2.21. The molecule has 0 saturated carbocycles. The Morgan fingerprint density at radius 1 is 1.28 bits per heavy atom. The standard InChI is InChI=1S/C13H14N4O/c14-10-7-13(18)16(9-10)11-3-1-4-12(8-11)17-6-2-5-15-17/h1-6,8,10H,7,9,14H2. The lowest BCUT2D eigenvalue weighted by atomic mass is 10.2. The predicted octanol–water partition coefficient (Wildman–Crippen LogP) is 0.936. The predicted molar refractivity (Wildman–Crippen MR) is 68.5 cm³/mol. The number of rotatable bonds is 2. The fourth-order valence-corrected chi connectivity index (χ4v) is 2.21. The van der Waals surface area contributed by atoms with Crippen LogP contribution in [0.25, 0.3) is 5.69 Å². The van der Waals surface area contributed by atoms with Crippen LogP contribution in [-0.4, -0.2) is 28.3 Å². The summed E-state index contributed by atoms with van der Waals surface area (Å²) in [5, 5.41) is 4.18. The third-order valence-electron chi connectivity index (χ3n) is 3.07. The van der Waals surface area contributed by atoms with Crippen LogP contribution < -0.4 is 10.6 Å². The van der Waals surface area contributed by atoms with Gasteiger partial charge >= 0.3 is 0 Å². The second-order valence-corrected chi connectivity index (χ2v) is 4.44. The number of carbonyl (C=O) groups excluding carboxylic acids is 1. The van der Waals surface area contributed by atoms with Crippen LogP contribution in [-0.2, 0) is 4.79 Å². The van der Waals surface area contributed by atoms with Crippen LogP contribution in [0.3, 0.4) is 0 Å². The van der Waals surface area contributed by atoms with Crippen molar-refractivity contribution < 1.29 is 4.79 Å². The van der Waals surface area contributed by atoms with E-state index >= 15 is 0 Å². The van der Waals surface area contributed by atoms with Gasteiger partial charge in [-0.3, -0.25) is 4.79 Å². The molecule has 2 N–H and O–H groups in total. The molecule has 92 valence electrons. The van der Waals surface area contributed by atoms with Crippen molar-refractivity contribution in [2.75, 3.05) is 11.4 Å². The van der Waals surface area contributed by atoms with Crippen LogP contribution >= 0.6 is 0 Å². The Labute approximate surface area is 105 Å². The summed E-state index contributed by atoms with van der Waals surface area (Å²) in [4.78, 5) is 13.5. The Kier molecular flexibility index (Phi) is 2.60. The molecule has 1 aromatic carbocycles. The topological polar surface area (TPSA) is 64.2 Å². The lowest BCUT2D eigenvalue weighted by Gasteiger charge is -2.17. The van der Waals surface area contributed by atoms with Gasteiger partial charge in [0.15, 0.2) is 0 Å². The first-order valence-corrected chi connectivity index (χ1v) is 5.90. The summed E-state index contributed by atoms with van der Waals surface area (Å²) in [6, 6.07) is 9.54. The molecule has 1 saturated heterocycles. The number of anilines is 1. The number of nitrogens with zero attached hydrogens (tertiary/aromatic N) is 3. The monoisotopic (exact) mass is 242 g/mol. The van der Waals surface area contributed by atoms with Gasteiger partial charge in [0.05, 0.1) is 5.69 Å². The van der Waals surface area contributed by atoms with Crippen molar-refractivity contribution in [1.29, 1.82) is 0 Å². The van der Waals surface area contributed by atoms with Gasteiger partial charge in [-0.1, -0.05) is 6.07 Å². The van der Waals surface area contributed by atoms with Gasteiger partial charge in [0.2, 0.25) is 5.91 Å². The van der Waals surface area contributed by atoms with Crippen LogP contribution in [0.2, 0.25) is 0 Å². The van der Waals surface area contributed by atoms with Gasteiger partial charge in [0.1, 0.15) is 0 Å². The Hall–Kier alpha value is -2.14. The number of benzene rings is 1. The Balaban J connectivity index is 1.94. The number of amides is 1. The zero-order chi connectivity index (χ0) is 12.5. The first kappa shape index (κ1) is 11.0. The van der Waals surface area contributed by atoms with E-state index in [1.807, 2.05) is 36.5 Å². The first-order valence-electron chi connectivity index (χ1n) is 5.90. The van der Waals surface area contributed by atoms with Crippen LogP contribution in [0, 0.1) is 0 Å². The highest BCUT2D eigenvalue weighted by Gasteiger charge is 2.28. The molecule has 1 aromatic heterocycles. The normalized spacial score (nSPS) is 19.5. The molecule has 5 nitrogen and oxygen atoms in total. The maximum atomic E-state index is 11.8. The zero-order valence-corrected chi connectivity index (χ0v) is 9.86. The highest BCUT2D eigenvalue weighted by Crippen LogP contribution is 2.23. The van der Waals surface area contributed by atoms with Gasteiger partial charge in [0, 0.05) is 37.1 Å². The molecule has 2 heterocycles. The summed E-state index contributed by atoms with van der Waals surface area (Å²) in [6.07, 6.45) is 4.02. The van der Waals surface area contributed by atoms with Crippen molar-refractivity contribution in [3.8, 4) is 5.69 Å². The number of aromatic nitrogens is 2. The smallest absolute Gasteiger partial charge is 0.228 e. The Bertz CT molecular complexity index is 564. The molecule has 0 aliphatic carbocycles. The average Bonchev–Trinajstić information content (AvgIpc) is 2.99. The van der Waals surface area contributed by atoms with E-state index in [0.717, 1.165) is 11.4 Å². The van der Waals surface area contributed by atoms with Crippen LogP contribution in [0.15, 0.2) is 42.7 Å². The number of hydrogen-bond donors (Lipinski definition) is 1. The van der Waals surface area contributed by atoms with Crippen LogP contribution in [0.4, 0.5) is 5.69 Å². The van der Waals surface area contributed by atoms with E-state index in [1.165, 1.54) is 0 Å². The minimum absolute atomic E-state index is 0.0640. The van der Waals surface area contributed by atoms with E-state index in [1.54, 1.807) is 15.8 Å². The minimum Gasteiger partial charge on any atom is -0.326 e. The summed E-state index contributed by atoms with van der Waals surface area (Å²) < 4.78 is 1.77. The molecule has 1 aliphatic heterocycles. The molecule has 2 aromatic rings. The molecular formula is C13H14N4O. The quantitative estimate of drug-likeness (QED) is 0.852. The van der Waals surface area contributed by atoms with Crippen LogP contribution in [0.1, 0.15) is 6.42 Å². The fraction of sp³-hybridized carbons (Fsp3) is 0.231. The maximum absolute atomic E-state index is 11.8. The van der Waals surface area contributed by atoms with Gasteiger partial charge in [-0.25, -0.2) is 4.68 Å². The number of hydrogen-bond acceptors (Lipinski definition) is 3. The van der Waals surface area contributed by atoms with E-state index in [2.05, 4.69) is 5.10 Å². The summed E-state index contributed by atoms with van der Waals surface area (Å²) >= 11 is 0. The Morgan fingerprint density at radius 3 is 2.78 bits per heavy atom. The van der Waals surface area contributed by atoms with Crippen molar-refractivity contribution in [3.63, 3.8) is 0 Å². The van der Waals surface area contributed by atoms with Gasteiger partial charge in [-0.2, -0.15) is 5.10 Å². The molecular weight excluding hydrogens is 228 g/mol. The summed E-state index contributed by atoms with van der Waals surface area (Å²) in [5.41, 5.74) is 7.62. The molecule has 0 radical (unpaired) electrons. The van der Waals surface area contributed by atoms with Gasteiger partial charge in [-0.15, -0.1) is 0 Å². The van der Waals surface area contributed by atoms with Crippen LogP contribution in [0.5, 0.6) is 0 Å². The molecule has 0 spiro atoms. The van der Waals surface area contributed by atoms with E-state index in [-0.39, 0.29) is 11.9 Å². The Morgan fingerprint density at radius 2 is 2.11 bits per heavy atom. The second-order valence-electron chi connectivity index (χ2n) is 4.44. The van der Waals surface area contributed by atoms with E-state index < -0.39 is 0 Å². The third-order valence-corrected chi connectivity index (χ3v) is 3.07. The van der Waals surface area contributed by atoms with Gasteiger partial charge in [0.25, 0.3) is 0 Å². The molecule has 1 fully saturated rings. The molecule has 1 amide bonds. The molecule has 1 atom stereocenters. The molecule has 5 heteroatoms. The number of nitrogens with two attached hydrogens (primary N) is 1. The van der Waals surface area contributed by atoms with E-state index in [0.29, 0.717) is 13.0 Å². The average molecular weight is 242 g/mol. The summed E-state index contributed by atoms with van der Waals surface area (Å²) in [7, 11) is 0. The first-order chi connectivity index (χ1) is 8.74. The van der Waals surface area contributed by atoms with Crippen molar-refractivity contribution >= 4 is 11.6 Å². The SMILES string of the molecule is NC1CC(=O)N(c2cccc(-n3cccn3)c2)C1. The van der Waals surface area contributed by atoms with Gasteiger partial charge < -0.3 is 10.6 Å². The minimum atomic E-state index is -0.0640. The third kappa shape index (κ3) is 1.89. The molecule has 3 rings (SSSR count). The maximum Gasteiger partial charge on any atom is 0.228 e. The summed E-state index contributed by atoms with van der Waals surface area (Å²) in [5.74, 6) is 0.0834. The summed E-state index contributed by atoms with van der Waals surface area (Å²) in [6.45, 7) is 0.585. The number of carbonyl (C=O) groups is 1. The highest BCUT2D eigenvalue weighted by molar-refractivity contribution is 5.96. The van der Waals surface area contributed by atoms with Crippen molar-refractivity contribution in [2.24, 2.45) is 5.73 Å². The lowest BCUT2D eigenvalue weighted by molar-refractivity contribution is -0.117. The molecule has 1 unspecified atom stereocenters. The highest BCUT2D eigenvalue weighted by atomic mass is 16.2. The second kappa shape index (κ2) is 4.27. The van der Waals surface area contributed by atoms with Crippen molar-refractivity contribution in [3.05, 3.63) is 42.7 Å². The lowest BCUT2D eigenvalue weighted by Crippen LogP contribution is -2.28. The molecule has 18 heavy (non-hydrogen) atoms. The van der Waals surface area contributed by atoms with Crippen molar-refractivity contribution in [1.82, 2.24) is 9.78 Å². The molecule has 1 aliphatic rings.